The molecule has 0 aromatic heterocycles. The first kappa shape index (κ1) is 17.9. The third-order valence-corrected chi connectivity index (χ3v) is 6.20. The number of nitrogens with zero attached hydrogens (tertiary/aromatic N) is 2. The first-order valence-electron chi connectivity index (χ1n) is 7.89. The van der Waals surface area contributed by atoms with Gasteiger partial charge in [0, 0.05) is 12.1 Å². The first-order valence-corrected chi connectivity index (χ1v) is 9.33. The van der Waals surface area contributed by atoms with Crippen LogP contribution in [0, 0.1) is 10.1 Å². The number of nitro groups is 1. The summed E-state index contributed by atoms with van der Waals surface area (Å²) in [6.07, 6.45) is 0.649. The van der Waals surface area contributed by atoms with E-state index in [4.69, 9.17) is 5.11 Å². The van der Waals surface area contributed by atoms with E-state index in [1.54, 1.807) is 18.2 Å². The van der Waals surface area contributed by atoms with Crippen molar-refractivity contribution in [1.82, 2.24) is 0 Å². The number of aryl methyl sites for hydroxylation is 1. The zero-order chi connectivity index (χ0) is 18.9. The second kappa shape index (κ2) is 6.75. The van der Waals surface area contributed by atoms with Crippen LogP contribution in [-0.2, 0) is 21.2 Å². The summed E-state index contributed by atoms with van der Waals surface area (Å²) in [5, 5.41) is 19.9. The summed E-state index contributed by atoms with van der Waals surface area (Å²) >= 11 is 0. The predicted molar refractivity (Wildman–Crippen MR) is 93.6 cm³/mol. The average Bonchev–Trinajstić information content (AvgIpc) is 2.60. The molecule has 0 amide bonds. The molecule has 0 fully saturated rings. The van der Waals surface area contributed by atoms with Crippen molar-refractivity contribution in [3.63, 3.8) is 0 Å². The van der Waals surface area contributed by atoms with Crippen LogP contribution in [-0.4, -0.2) is 30.5 Å². The Bertz CT molecular complexity index is 955. The molecular formula is C17H16N2O6S. The van der Waals surface area contributed by atoms with Crippen molar-refractivity contribution in [3.05, 3.63) is 64.2 Å². The number of rotatable bonds is 5. The third kappa shape index (κ3) is 3.25. The molecule has 0 radical (unpaired) electrons. The highest BCUT2D eigenvalue weighted by molar-refractivity contribution is 7.92. The van der Waals surface area contributed by atoms with E-state index in [-0.39, 0.29) is 17.0 Å². The SMILES string of the molecule is O=C(O)CC1CCc2ccccc2N1S(=O)(=O)c1ccc([N+](=O)[O-])cc1. The highest BCUT2D eigenvalue weighted by Gasteiger charge is 2.37. The van der Waals surface area contributed by atoms with Crippen LogP contribution in [0.5, 0.6) is 0 Å². The minimum absolute atomic E-state index is 0.116. The molecule has 8 nitrogen and oxygen atoms in total. The second-order valence-electron chi connectivity index (χ2n) is 5.97. The topological polar surface area (TPSA) is 118 Å². The van der Waals surface area contributed by atoms with Gasteiger partial charge in [-0.2, -0.15) is 0 Å². The molecule has 1 N–H and O–H groups in total. The number of benzene rings is 2. The fraction of sp³-hybridized carbons (Fsp3) is 0.235. The Kier molecular flexibility index (Phi) is 4.64. The number of fused-ring (bicyclic) bond motifs is 1. The Balaban J connectivity index is 2.09. The van der Waals surface area contributed by atoms with Crippen molar-refractivity contribution in [3.8, 4) is 0 Å². The molecule has 0 saturated carbocycles. The molecule has 0 aliphatic carbocycles. The summed E-state index contributed by atoms with van der Waals surface area (Å²) in [6, 6.07) is 10.8. The molecule has 0 bridgehead atoms. The lowest BCUT2D eigenvalue weighted by Gasteiger charge is -2.37. The number of carbonyl (C=O) groups is 1. The quantitative estimate of drug-likeness (QED) is 0.633. The number of non-ortho nitro benzene ring substituents is 1. The summed E-state index contributed by atoms with van der Waals surface area (Å²) < 4.78 is 27.5. The standard InChI is InChI=1S/C17H16N2O6S/c20-17(21)11-14-6-5-12-3-1-2-4-16(12)18(14)26(24,25)15-9-7-13(8-10-15)19(22)23/h1-4,7-10,14H,5-6,11H2,(H,20,21). The van der Waals surface area contributed by atoms with Crippen LogP contribution in [0.3, 0.4) is 0 Å². The zero-order valence-corrected chi connectivity index (χ0v) is 14.4. The molecule has 9 heteroatoms. The van der Waals surface area contributed by atoms with Gasteiger partial charge in [0.2, 0.25) is 0 Å². The Labute approximate surface area is 149 Å². The van der Waals surface area contributed by atoms with Crippen LogP contribution in [0.4, 0.5) is 11.4 Å². The minimum atomic E-state index is -4.07. The lowest BCUT2D eigenvalue weighted by atomic mass is 9.96. The zero-order valence-electron chi connectivity index (χ0n) is 13.6. The maximum Gasteiger partial charge on any atom is 0.305 e. The van der Waals surface area contributed by atoms with Gasteiger partial charge in [-0.15, -0.1) is 0 Å². The Morgan fingerprint density at radius 1 is 1.19 bits per heavy atom. The van der Waals surface area contributed by atoms with Crippen LogP contribution in [0.1, 0.15) is 18.4 Å². The van der Waals surface area contributed by atoms with E-state index >= 15 is 0 Å². The summed E-state index contributed by atoms with van der Waals surface area (Å²) in [4.78, 5) is 21.3. The summed E-state index contributed by atoms with van der Waals surface area (Å²) in [5.74, 6) is -1.08. The summed E-state index contributed by atoms with van der Waals surface area (Å²) in [5.41, 5.74) is 1.05. The van der Waals surface area contributed by atoms with Crippen molar-refractivity contribution >= 4 is 27.4 Å². The molecule has 1 aliphatic rings. The van der Waals surface area contributed by atoms with Gasteiger partial charge in [-0.3, -0.25) is 19.2 Å². The molecule has 1 atom stereocenters. The number of aliphatic carboxylic acids is 1. The smallest absolute Gasteiger partial charge is 0.305 e. The fourth-order valence-electron chi connectivity index (χ4n) is 3.14. The molecule has 136 valence electrons. The van der Waals surface area contributed by atoms with Gasteiger partial charge >= 0.3 is 5.97 Å². The van der Waals surface area contributed by atoms with Gasteiger partial charge in [0.25, 0.3) is 15.7 Å². The van der Waals surface area contributed by atoms with Crippen LogP contribution >= 0.6 is 0 Å². The number of hydrogen-bond donors (Lipinski definition) is 1. The number of carboxylic acids is 1. The van der Waals surface area contributed by atoms with E-state index in [2.05, 4.69) is 0 Å². The van der Waals surface area contributed by atoms with Gasteiger partial charge in [-0.25, -0.2) is 8.42 Å². The Morgan fingerprint density at radius 2 is 1.85 bits per heavy atom. The highest BCUT2D eigenvalue weighted by atomic mass is 32.2. The molecule has 0 saturated heterocycles. The second-order valence-corrected chi connectivity index (χ2v) is 7.79. The van der Waals surface area contributed by atoms with Crippen molar-refractivity contribution in [2.75, 3.05) is 4.31 Å². The highest BCUT2D eigenvalue weighted by Crippen LogP contribution is 2.36. The van der Waals surface area contributed by atoms with Crippen LogP contribution in [0.2, 0.25) is 0 Å². The van der Waals surface area contributed by atoms with Gasteiger partial charge < -0.3 is 5.11 Å². The molecule has 2 aromatic rings. The van der Waals surface area contributed by atoms with E-state index in [0.29, 0.717) is 18.5 Å². The lowest BCUT2D eigenvalue weighted by molar-refractivity contribution is -0.384. The van der Waals surface area contributed by atoms with Gasteiger partial charge in [0.15, 0.2) is 0 Å². The van der Waals surface area contributed by atoms with Crippen molar-refractivity contribution < 1.29 is 23.2 Å². The van der Waals surface area contributed by atoms with Gasteiger partial charge in [0.1, 0.15) is 0 Å². The number of carboxylic acid groups (broad SMARTS) is 1. The minimum Gasteiger partial charge on any atom is -0.481 e. The van der Waals surface area contributed by atoms with E-state index in [1.165, 1.54) is 12.1 Å². The maximum absolute atomic E-state index is 13.2. The van der Waals surface area contributed by atoms with Crippen molar-refractivity contribution in [2.45, 2.75) is 30.2 Å². The van der Waals surface area contributed by atoms with Gasteiger partial charge in [-0.1, -0.05) is 18.2 Å². The first-order chi connectivity index (χ1) is 12.3. The molecule has 2 aromatic carbocycles. The molecule has 1 heterocycles. The van der Waals surface area contributed by atoms with Gasteiger partial charge in [0.05, 0.1) is 28.0 Å². The summed E-state index contributed by atoms with van der Waals surface area (Å²) in [6.45, 7) is 0. The average molecular weight is 376 g/mol. The van der Waals surface area contributed by atoms with Crippen LogP contribution in [0.25, 0.3) is 0 Å². The fourth-order valence-corrected chi connectivity index (χ4v) is 4.86. The van der Waals surface area contributed by atoms with Crippen LogP contribution < -0.4 is 4.31 Å². The van der Waals surface area contributed by atoms with Gasteiger partial charge in [-0.05, 0) is 36.6 Å². The molecular weight excluding hydrogens is 360 g/mol. The van der Waals surface area contributed by atoms with E-state index < -0.39 is 27.0 Å². The van der Waals surface area contributed by atoms with Crippen LogP contribution in [0.15, 0.2) is 53.4 Å². The number of para-hydroxylation sites is 1. The third-order valence-electron chi connectivity index (χ3n) is 4.32. The summed E-state index contributed by atoms with van der Waals surface area (Å²) in [7, 11) is -4.07. The van der Waals surface area contributed by atoms with Crippen molar-refractivity contribution in [1.29, 1.82) is 0 Å². The van der Waals surface area contributed by atoms with E-state index in [0.717, 1.165) is 22.0 Å². The van der Waals surface area contributed by atoms with E-state index in [9.17, 15) is 23.3 Å². The molecule has 3 rings (SSSR count). The molecule has 1 unspecified atom stereocenters. The Hall–Kier alpha value is -2.94. The Morgan fingerprint density at radius 3 is 2.46 bits per heavy atom. The largest absolute Gasteiger partial charge is 0.481 e. The van der Waals surface area contributed by atoms with Crippen molar-refractivity contribution in [2.24, 2.45) is 0 Å². The molecule has 26 heavy (non-hydrogen) atoms. The predicted octanol–water partition coefficient (Wildman–Crippen LogP) is 2.58. The molecule has 0 spiro atoms. The normalized spacial score (nSPS) is 16.8. The molecule has 1 aliphatic heterocycles. The number of sulfonamides is 1. The number of hydrogen-bond acceptors (Lipinski definition) is 5. The lowest BCUT2D eigenvalue weighted by Crippen LogP contribution is -2.44. The monoisotopic (exact) mass is 376 g/mol. The van der Waals surface area contributed by atoms with E-state index in [1.807, 2.05) is 6.07 Å². The number of anilines is 1. The number of nitro benzene ring substituents is 1. The maximum atomic E-state index is 13.2.